The lowest BCUT2D eigenvalue weighted by molar-refractivity contribution is 0.0148. The molecule has 0 aliphatic rings. The van der Waals surface area contributed by atoms with Gasteiger partial charge >= 0.3 is 0 Å². The lowest BCUT2D eigenvalue weighted by atomic mass is 10.4. The smallest absolute Gasteiger partial charge is 0.116 e. The van der Waals surface area contributed by atoms with Crippen molar-refractivity contribution < 1.29 is 14.2 Å². The SMILES string of the molecule is [CH]OCC(CO[CH])O[CH]. The van der Waals surface area contributed by atoms with Gasteiger partial charge in [-0.25, -0.2) is 0 Å². The van der Waals surface area contributed by atoms with Crippen molar-refractivity contribution in [1.82, 2.24) is 0 Å². The van der Waals surface area contributed by atoms with Gasteiger partial charge in [0.1, 0.15) is 27.4 Å². The Kier molecular flexibility index (Phi) is 5.93. The average Bonchev–Trinajstić information content (AvgIpc) is 1.88. The van der Waals surface area contributed by atoms with Crippen LogP contribution in [0.4, 0.5) is 0 Å². The molecule has 0 aromatic carbocycles. The first-order chi connectivity index (χ1) is 4.35. The van der Waals surface area contributed by atoms with Gasteiger partial charge in [0, 0.05) is 0 Å². The van der Waals surface area contributed by atoms with Gasteiger partial charge in [-0.3, -0.25) is 0 Å². The Hall–Kier alpha value is -0.120. The predicted molar refractivity (Wildman–Crippen MR) is 29.7 cm³/mol. The lowest BCUT2D eigenvalue weighted by Crippen LogP contribution is -2.21. The number of ether oxygens (including phenoxy) is 3. The zero-order valence-corrected chi connectivity index (χ0v) is 4.95. The summed E-state index contributed by atoms with van der Waals surface area (Å²) in [7, 11) is 14.2. The highest BCUT2D eigenvalue weighted by Crippen LogP contribution is 1.91. The van der Waals surface area contributed by atoms with Crippen LogP contribution in [-0.2, 0) is 14.2 Å². The average molecular weight is 128 g/mol. The molecule has 0 amide bonds. The molecular formula is C6H8O3. The minimum atomic E-state index is -0.403. The van der Waals surface area contributed by atoms with Gasteiger partial charge in [-0.15, -0.1) is 0 Å². The first kappa shape index (κ1) is 8.88. The molecule has 50 valence electrons. The number of rotatable bonds is 5. The van der Waals surface area contributed by atoms with Crippen molar-refractivity contribution >= 4 is 0 Å². The van der Waals surface area contributed by atoms with Crippen LogP contribution >= 0.6 is 0 Å². The Balaban J connectivity index is 3.18. The Morgan fingerprint density at radius 2 is 1.44 bits per heavy atom. The van der Waals surface area contributed by atoms with Gasteiger partial charge in [0.05, 0.1) is 13.2 Å². The molecule has 0 saturated heterocycles. The van der Waals surface area contributed by atoms with Gasteiger partial charge < -0.3 is 14.2 Å². The standard InChI is InChI=1S/C6H8O3/c1-7-4-6(9-3)5-8-2/h1-3,6H,4-5H2. The summed E-state index contributed by atoms with van der Waals surface area (Å²) in [4.78, 5) is 0. The van der Waals surface area contributed by atoms with Crippen molar-refractivity contribution in [3.05, 3.63) is 21.3 Å². The maximum atomic E-state index is 4.77. The van der Waals surface area contributed by atoms with Crippen LogP contribution in [0.2, 0.25) is 0 Å². The topological polar surface area (TPSA) is 27.7 Å². The van der Waals surface area contributed by atoms with Crippen LogP contribution in [0.25, 0.3) is 0 Å². The van der Waals surface area contributed by atoms with Gasteiger partial charge in [0.25, 0.3) is 0 Å². The lowest BCUT2D eigenvalue weighted by Gasteiger charge is -2.10. The largest absolute Gasteiger partial charge is 0.370 e. The summed E-state index contributed by atoms with van der Waals surface area (Å²) in [5.74, 6) is 0. The first-order valence-corrected chi connectivity index (χ1v) is 2.34. The minimum Gasteiger partial charge on any atom is -0.370 e. The molecule has 0 aromatic heterocycles. The van der Waals surface area contributed by atoms with E-state index >= 15 is 0 Å². The van der Waals surface area contributed by atoms with Crippen LogP contribution in [0.1, 0.15) is 0 Å². The normalized spacial score (nSPS) is 10.7. The highest BCUT2D eigenvalue weighted by molar-refractivity contribution is 4.53. The summed E-state index contributed by atoms with van der Waals surface area (Å²) >= 11 is 0. The summed E-state index contributed by atoms with van der Waals surface area (Å²) in [6.45, 7) is 0.321. The molecule has 0 fully saturated rings. The molecule has 0 rings (SSSR count). The van der Waals surface area contributed by atoms with Crippen molar-refractivity contribution in [2.45, 2.75) is 6.10 Å². The number of hydrogen-bond acceptors (Lipinski definition) is 3. The van der Waals surface area contributed by atoms with Gasteiger partial charge in [0.2, 0.25) is 0 Å². The van der Waals surface area contributed by atoms with E-state index in [-0.39, 0.29) is 13.2 Å². The third kappa shape index (κ3) is 4.39. The summed E-state index contributed by atoms with van der Waals surface area (Å²) in [5, 5.41) is 0. The Labute approximate surface area is 55.9 Å². The maximum Gasteiger partial charge on any atom is 0.116 e. The van der Waals surface area contributed by atoms with Crippen molar-refractivity contribution in [2.75, 3.05) is 13.2 Å². The van der Waals surface area contributed by atoms with E-state index in [9.17, 15) is 0 Å². The summed E-state index contributed by atoms with van der Waals surface area (Å²) < 4.78 is 12.7. The van der Waals surface area contributed by atoms with Gasteiger partial charge in [0.15, 0.2) is 0 Å². The quantitative estimate of drug-likeness (QED) is 0.536. The van der Waals surface area contributed by atoms with Gasteiger partial charge in [-0.05, 0) is 0 Å². The molecule has 0 aliphatic carbocycles. The second kappa shape index (κ2) is 6.01. The zero-order chi connectivity index (χ0) is 7.11. The van der Waals surface area contributed by atoms with Crippen LogP contribution < -0.4 is 0 Å². The molecule has 0 spiro atoms. The second-order valence-corrected chi connectivity index (χ2v) is 1.42. The first-order valence-electron chi connectivity index (χ1n) is 2.34. The summed E-state index contributed by atoms with van der Waals surface area (Å²) in [6.07, 6.45) is -0.403. The van der Waals surface area contributed by atoms with E-state index in [4.69, 9.17) is 21.3 Å². The van der Waals surface area contributed by atoms with Crippen molar-refractivity contribution in [1.29, 1.82) is 0 Å². The zero-order valence-electron chi connectivity index (χ0n) is 4.95. The predicted octanol–water partition coefficient (Wildman–Crippen LogP) is 0.411. The van der Waals surface area contributed by atoms with E-state index in [0.717, 1.165) is 0 Å². The van der Waals surface area contributed by atoms with E-state index in [0.29, 0.717) is 0 Å². The van der Waals surface area contributed by atoms with E-state index in [1.54, 1.807) is 0 Å². The molecule has 9 heavy (non-hydrogen) atoms. The Morgan fingerprint density at radius 1 is 1.00 bits per heavy atom. The molecule has 0 atom stereocenters. The summed E-state index contributed by atoms with van der Waals surface area (Å²) in [5.41, 5.74) is 0. The molecule has 6 radical (unpaired) electrons. The fourth-order valence-electron chi connectivity index (χ4n) is 0.341. The fraction of sp³-hybridized carbons (Fsp3) is 0.500. The van der Waals surface area contributed by atoms with E-state index in [1.165, 1.54) is 0 Å². The van der Waals surface area contributed by atoms with E-state index in [1.807, 2.05) is 0 Å². The third-order valence-electron chi connectivity index (χ3n) is 0.757. The van der Waals surface area contributed by atoms with Gasteiger partial charge in [-0.1, -0.05) is 0 Å². The van der Waals surface area contributed by atoms with Crippen LogP contribution in [0.15, 0.2) is 0 Å². The van der Waals surface area contributed by atoms with Crippen molar-refractivity contribution in [3.8, 4) is 0 Å². The maximum absolute atomic E-state index is 4.77. The highest BCUT2D eigenvalue weighted by atomic mass is 16.5. The monoisotopic (exact) mass is 128 g/mol. The van der Waals surface area contributed by atoms with E-state index in [2.05, 4.69) is 14.2 Å². The van der Waals surface area contributed by atoms with Crippen LogP contribution in [0, 0.1) is 21.3 Å². The second-order valence-electron chi connectivity index (χ2n) is 1.42. The molecular weight excluding hydrogens is 120 g/mol. The molecule has 0 N–H and O–H groups in total. The summed E-state index contributed by atoms with van der Waals surface area (Å²) in [6, 6.07) is 0. The highest BCUT2D eigenvalue weighted by Gasteiger charge is 2.04. The van der Waals surface area contributed by atoms with Crippen LogP contribution in [0.5, 0.6) is 0 Å². The minimum absolute atomic E-state index is 0.160. The van der Waals surface area contributed by atoms with Crippen LogP contribution in [-0.4, -0.2) is 19.3 Å². The third-order valence-corrected chi connectivity index (χ3v) is 0.757. The fourth-order valence-corrected chi connectivity index (χ4v) is 0.341. The van der Waals surface area contributed by atoms with Crippen molar-refractivity contribution in [3.63, 3.8) is 0 Å². The molecule has 0 saturated carbocycles. The molecule has 3 nitrogen and oxygen atoms in total. The van der Waals surface area contributed by atoms with Crippen molar-refractivity contribution in [2.24, 2.45) is 0 Å². The Morgan fingerprint density at radius 3 is 1.67 bits per heavy atom. The van der Waals surface area contributed by atoms with Crippen LogP contribution in [0.3, 0.4) is 0 Å². The molecule has 0 aromatic rings. The molecule has 0 aliphatic heterocycles. The molecule has 3 heteroatoms. The number of hydrogen-bond donors (Lipinski definition) is 0. The Bertz CT molecular complexity index is 50.3. The molecule has 0 unspecified atom stereocenters. The van der Waals surface area contributed by atoms with Gasteiger partial charge in [-0.2, -0.15) is 0 Å². The molecule has 0 bridgehead atoms. The molecule has 0 heterocycles. The van der Waals surface area contributed by atoms with E-state index < -0.39 is 6.10 Å².